The van der Waals surface area contributed by atoms with Gasteiger partial charge in [-0.1, -0.05) is 18.2 Å². The quantitative estimate of drug-likeness (QED) is 0.911. The molecule has 0 aromatic heterocycles. The molecule has 0 spiro atoms. The molecule has 0 saturated carbocycles. The van der Waals surface area contributed by atoms with Crippen LogP contribution in [-0.4, -0.2) is 11.8 Å². The minimum Gasteiger partial charge on any atom is -0.326 e. The number of nitrogens with one attached hydrogen (secondary N) is 1. The number of halogens is 1. The van der Waals surface area contributed by atoms with Crippen LogP contribution in [0.3, 0.4) is 0 Å². The van der Waals surface area contributed by atoms with E-state index < -0.39 is 5.92 Å². The molecule has 0 fully saturated rings. The van der Waals surface area contributed by atoms with Crippen molar-refractivity contribution in [1.29, 1.82) is 0 Å². The van der Waals surface area contributed by atoms with E-state index >= 15 is 0 Å². The predicted molar refractivity (Wildman–Crippen MR) is 87.2 cm³/mol. The Hall–Kier alpha value is -2.82. The molecule has 1 unspecified atom stereocenters. The number of fused-ring (bicyclic) bond motifs is 2. The number of benzene rings is 2. The normalized spacial score (nSPS) is 18.8. The summed E-state index contributed by atoms with van der Waals surface area (Å²) < 4.78 is 13.4. The zero-order chi connectivity index (χ0) is 16.7. The molecule has 0 aliphatic carbocycles. The summed E-state index contributed by atoms with van der Waals surface area (Å²) in [5.41, 5.74) is 2.93. The van der Waals surface area contributed by atoms with Gasteiger partial charge in [0.25, 0.3) is 5.91 Å². The second-order valence-electron chi connectivity index (χ2n) is 6.17. The Balaban J connectivity index is 1.64. The fourth-order valence-electron chi connectivity index (χ4n) is 3.21. The van der Waals surface area contributed by atoms with Crippen LogP contribution in [-0.2, 0) is 22.4 Å². The molecule has 2 amide bonds. The van der Waals surface area contributed by atoms with Gasteiger partial charge >= 0.3 is 0 Å². The van der Waals surface area contributed by atoms with Crippen LogP contribution >= 0.6 is 0 Å². The molecule has 0 radical (unpaired) electrons. The SMILES string of the molecule is O=C1CCc2cc(CC3C=c4cc(F)ccc4=NC3=O)ccc2N1. The lowest BCUT2D eigenvalue weighted by Crippen LogP contribution is -2.34. The standard InChI is InChI=1S/C19H15FN2O2/c20-15-3-5-17-13(10-15)9-14(19(24)22-17)8-11-1-4-16-12(7-11)2-6-18(23)21-16/h1,3-5,7,9-10,14H,2,6,8H2,(H,21,23). The van der Waals surface area contributed by atoms with Crippen LogP contribution in [0.15, 0.2) is 41.4 Å². The molecule has 1 N–H and O–H groups in total. The van der Waals surface area contributed by atoms with Crippen molar-refractivity contribution in [1.82, 2.24) is 0 Å². The number of aryl methyl sites for hydroxylation is 1. The number of nitrogens with zero attached hydrogens (tertiary/aromatic N) is 1. The van der Waals surface area contributed by atoms with Crippen LogP contribution < -0.4 is 15.9 Å². The molecule has 0 saturated heterocycles. The third-order valence-corrected chi connectivity index (χ3v) is 4.44. The topological polar surface area (TPSA) is 58.5 Å². The Morgan fingerprint density at radius 1 is 1.12 bits per heavy atom. The van der Waals surface area contributed by atoms with E-state index in [4.69, 9.17) is 0 Å². The summed E-state index contributed by atoms with van der Waals surface area (Å²) >= 11 is 0. The minimum absolute atomic E-state index is 0.0310. The Labute approximate surface area is 137 Å². The van der Waals surface area contributed by atoms with E-state index in [-0.39, 0.29) is 17.6 Å². The highest BCUT2D eigenvalue weighted by Gasteiger charge is 2.20. The molecule has 4 rings (SSSR count). The van der Waals surface area contributed by atoms with Gasteiger partial charge in [0.05, 0.1) is 11.3 Å². The molecular formula is C19H15FN2O2. The average Bonchev–Trinajstić information content (AvgIpc) is 2.56. The molecule has 120 valence electrons. The molecule has 0 bridgehead atoms. The van der Waals surface area contributed by atoms with Crippen molar-refractivity contribution in [2.45, 2.75) is 19.3 Å². The van der Waals surface area contributed by atoms with E-state index in [1.54, 1.807) is 6.08 Å². The van der Waals surface area contributed by atoms with E-state index in [0.717, 1.165) is 16.8 Å². The molecule has 24 heavy (non-hydrogen) atoms. The van der Waals surface area contributed by atoms with Gasteiger partial charge in [0.15, 0.2) is 0 Å². The van der Waals surface area contributed by atoms with Crippen LogP contribution in [0.25, 0.3) is 6.08 Å². The zero-order valence-electron chi connectivity index (χ0n) is 12.9. The van der Waals surface area contributed by atoms with Gasteiger partial charge in [0.1, 0.15) is 5.82 Å². The molecule has 2 aliphatic heterocycles. The smallest absolute Gasteiger partial charge is 0.253 e. The second kappa shape index (κ2) is 5.67. The average molecular weight is 322 g/mol. The summed E-state index contributed by atoms with van der Waals surface area (Å²) in [6.07, 6.45) is 3.48. The molecule has 2 aromatic carbocycles. The monoisotopic (exact) mass is 322 g/mol. The third-order valence-electron chi connectivity index (χ3n) is 4.44. The van der Waals surface area contributed by atoms with Crippen molar-refractivity contribution in [3.63, 3.8) is 0 Å². The maximum atomic E-state index is 13.4. The van der Waals surface area contributed by atoms with Gasteiger partial charge in [-0.25, -0.2) is 9.38 Å². The lowest BCUT2D eigenvalue weighted by atomic mass is 9.92. The van der Waals surface area contributed by atoms with E-state index in [1.165, 1.54) is 18.2 Å². The number of carbonyl (C=O) groups is 2. The van der Waals surface area contributed by atoms with Crippen molar-refractivity contribution in [3.8, 4) is 0 Å². The van der Waals surface area contributed by atoms with Crippen molar-refractivity contribution in [3.05, 3.63) is 63.9 Å². The number of hydrogen-bond acceptors (Lipinski definition) is 2. The summed E-state index contributed by atoms with van der Waals surface area (Å²) in [5, 5.41) is 4.02. The third kappa shape index (κ3) is 2.73. The van der Waals surface area contributed by atoms with Crippen molar-refractivity contribution in [2.24, 2.45) is 10.9 Å². The highest BCUT2D eigenvalue weighted by molar-refractivity contribution is 5.94. The first-order valence-corrected chi connectivity index (χ1v) is 7.90. The summed E-state index contributed by atoms with van der Waals surface area (Å²) in [5.74, 6) is -0.906. The van der Waals surface area contributed by atoms with E-state index in [9.17, 15) is 14.0 Å². The summed E-state index contributed by atoms with van der Waals surface area (Å²) in [6, 6.07) is 10.0. The molecule has 1 atom stereocenters. The van der Waals surface area contributed by atoms with Gasteiger partial charge in [0, 0.05) is 12.1 Å². The lowest BCUT2D eigenvalue weighted by Gasteiger charge is -2.19. The highest BCUT2D eigenvalue weighted by Crippen LogP contribution is 2.25. The van der Waals surface area contributed by atoms with Gasteiger partial charge in [-0.3, -0.25) is 9.59 Å². The second-order valence-corrected chi connectivity index (χ2v) is 6.17. The van der Waals surface area contributed by atoms with Crippen LogP contribution in [0.5, 0.6) is 0 Å². The Bertz CT molecular complexity index is 981. The number of anilines is 1. The summed E-state index contributed by atoms with van der Waals surface area (Å²) in [6.45, 7) is 0. The largest absolute Gasteiger partial charge is 0.326 e. The number of carbonyl (C=O) groups excluding carboxylic acids is 2. The van der Waals surface area contributed by atoms with Gasteiger partial charge in [0.2, 0.25) is 5.91 Å². The predicted octanol–water partition coefficient (Wildman–Crippen LogP) is 1.51. The highest BCUT2D eigenvalue weighted by atomic mass is 19.1. The van der Waals surface area contributed by atoms with E-state index in [0.29, 0.717) is 29.8 Å². The first-order valence-electron chi connectivity index (χ1n) is 7.90. The molecule has 2 aliphatic rings. The lowest BCUT2D eigenvalue weighted by molar-refractivity contribution is -0.120. The minimum atomic E-state index is -0.393. The van der Waals surface area contributed by atoms with Gasteiger partial charge in [-0.2, -0.15) is 0 Å². The van der Waals surface area contributed by atoms with Gasteiger partial charge in [-0.15, -0.1) is 0 Å². The molecule has 2 heterocycles. The van der Waals surface area contributed by atoms with Crippen molar-refractivity contribution >= 4 is 23.6 Å². The Kier molecular flexibility index (Phi) is 3.49. The van der Waals surface area contributed by atoms with Crippen molar-refractivity contribution < 1.29 is 14.0 Å². The zero-order valence-corrected chi connectivity index (χ0v) is 12.9. The fourth-order valence-corrected chi connectivity index (χ4v) is 3.21. The summed E-state index contributed by atoms with van der Waals surface area (Å²) in [7, 11) is 0. The summed E-state index contributed by atoms with van der Waals surface area (Å²) in [4.78, 5) is 27.7. The van der Waals surface area contributed by atoms with Crippen molar-refractivity contribution in [2.75, 3.05) is 5.32 Å². The number of amides is 2. The van der Waals surface area contributed by atoms with Crippen LogP contribution in [0.4, 0.5) is 10.1 Å². The number of hydrogen-bond donors (Lipinski definition) is 1. The molecular weight excluding hydrogens is 307 g/mol. The van der Waals surface area contributed by atoms with Gasteiger partial charge < -0.3 is 5.32 Å². The first kappa shape index (κ1) is 14.8. The van der Waals surface area contributed by atoms with E-state index in [1.807, 2.05) is 18.2 Å². The maximum absolute atomic E-state index is 13.4. The van der Waals surface area contributed by atoms with Crippen LogP contribution in [0.2, 0.25) is 0 Å². The Morgan fingerprint density at radius 2 is 2.00 bits per heavy atom. The molecule has 5 heteroatoms. The number of rotatable bonds is 2. The fraction of sp³-hybridized carbons (Fsp3) is 0.211. The first-order chi connectivity index (χ1) is 11.6. The molecule has 4 nitrogen and oxygen atoms in total. The van der Waals surface area contributed by atoms with E-state index in [2.05, 4.69) is 10.3 Å². The maximum Gasteiger partial charge on any atom is 0.253 e. The molecule has 2 aromatic rings. The van der Waals surface area contributed by atoms with Crippen LogP contribution in [0, 0.1) is 11.7 Å². The Morgan fingerprint density at radius 3 is 2.88 bits per heavy atom. The van der Waals surface area contributed by atoms with Gasteiger partial charge in [-0.05, 0) is 53.5 Å². The van der Waals surface area contributed by atoms with Crippen LogP contribution in [0.1, 0.15) is 17.5 Å².